The molecule has 0 saturated heterocycles. The fraction of sp³-hybridized carbons (Fsp3) is 0.0526. The first-order chi connectivity index (χ1) is 14.1. The van der Waals surface area contributed by atoms with E-state index in [0.717, 1.165) is 10.2 Å². The number of rotatable bonds is 4. The molecule has 0 atom stereocenters. The van der Waals surface area contributed by atoms with Crippen molar-refractivity contribution in [1.29, 1.82) is 0 Å². The maximum absolute atomic E-state index is 12.6. The van der Waals surface area contributed by atoms with Gasteiger partial charge in [-0.1, -0.05) is 59.0 Å². The Balaban J connectivity index is 1.45. The molecular weight excluding hydrogens is 428 g/mol. The first-order valence-corrected chi connectivity index (χ1v) is 10.8. The standard InChI is InChI=1S/C19H13ClN6OS2/c20-13-6-2-1-5-12(13)17-23-24-19(26(17)21)28-10-11-9-16(27)25-14-7-3-4-8-15(14)29-18(25)22-11/h1-9H,10,21H2. The number of para-hydroxylation sites is 1. The molecule has 7 nitrogen and oxygen atoms in total. The number of benzene rings is 2. The summed E-state index contributed by atoms with van der Waals surface area (Å²) in [5.74, 6) is 7.09. The highest BCUT2D eigenvalue weighted by atomic mass is 35.5. The fourth-order valence-electron chi connectivity index (χ4n) is 3.04. The molecule has 0 aliphatic rings. The molecule has 3 heterocycles. The quantitative estimate of drug-likeness (QED) is 0.337. The van der Waals surface area contributed by atoms with Crippen LogP contribution in [0.3, 0.4) is 0 Å². The predicted octanol–water partition coefficient (Wildman–Crippen LogP) is 3.83. The molecule has 10 heteroatoms. The summed E-state index contributed by atoms with van der Waals surface area (Å²) >= 11 is 9.08. The number of thiazole rings is 1. The molecule has 0 aliphatic carbocycles. The van der Waals surface area contributed by atoms with Crippen LogP contribution in [0.15, 0.2) is 64.5 Å². The van der Waals surface area contributed by atoms with E-state index in [1.807, 2.05) is 42.5 Å². The van der Waals surface area contributed by atoms with E-state index in [1.54, 1.807) is 16.5 Å². The third-order valence-electron chi connectivity index (χ3n) is 4.38. The lowest BCUT2D eigenvalue weighted by Crippen LogP contribution is -2.14. The summed E-state index contributed by atoms with van der Waals surface area (Å²) < 4.78 is 4.05. The van der Waals surface area contributed by atoms with Gasteiger partial charge in [0.25, 0.3) is 5.56 Å². The van der Waals surface area contributed by atoms with E-state index in [4.69, 9.17) is 17.4 Å². The molecule has 5 rings (SSSR count). The molecule has 0 radical (unpaired) electrons. The number of aromatic nitrogens is 5. The average molecular weight is 441 g/mol. The maximum Gasteiger partial charge on any atom is 0.259 e. The topological polar surface area (TPSA) is 91.1 Å². The Bertz CT molecular complexity index is 1420. The first-order valence-electron chi connectivity index (χ1n) is 8.60. The Morgan fingerprint density at radius 2 is 1.90 bits per heavy atom. The van der Waals surface area contributed by atoms with Gasteiger partial charge >= 0.3 is 0 Å². The normalized spacial score (nSPS) is 11.5. The van der Waals surface area contributed by atoms with Gasteiger partial charge in [-0.05, 0) is 24.3 Å². The van der Waals surface area contributed by atoms with Crippen molar-refractivity contribution in [3.63, 3.8) is 0 Å². The van der Waals surface area contributed by atoms with Crippen LogP contribution < -0.4 is 11.4 Å². The Kier molecular flexibility index (Phi) is 4.50. The second kappa shape index (κ2) is 7.18. The van der Waals surface area contributed by atoms with Gasteiger partial charge in [-0.2, -0.15) is 0 Å². The third kappa shape index (κ3) is 3.17. The molecule has 144 valence electrons. The van der Waals surface area contributed by atoms with E-state index >= 15 is 0 Å². The summed E-state index contributed by atoms with van der Waals surface area (Å²) in [6.07, 6.45) is 0. The van der Waals surface area contributed by atoms with Gasteiger partial charge in [0.2, 0.25) is 5.16 Å². The first kappa shape index (κ1) is 18.2. The van der Waals surface area contributed by atoms with Gasteiger partial charge in [0.05, 0.1) is 20.9 Å². The number of nitrogens with zero attached hydrogens (tertiary/aromatic N) is 5. The SMILES string of the molecule is Nn1c(SCc2cc(=O)n3c(n2)sc2ccccc23)nnc1-c1ccccc1Cl. The van der Waals surface area contributed by atoms with Crippen LogP contribution in [0.4, 0.5) is 0 Å². The lowest BCUT2D eigenvalue weighted by atomic mass is 10.2. The van der Waals surface area contributed by atoms with Crippen molar-refractivity contribution < 1.29 is 0 Å². The highest BCUT2D eigenvalue weighted by Gasteiger charge is 2.15. The smallest absolute Gasteiger partial charge is 0.259 e. The van der Waals surface area contributed by atoms with E-state index in [1.165, 1.54) is 27.8 Å². The Morgan fingerprint density at radius 3 is 2.76 bits per heavy atom. The van der Waals surface area contributed by atoms with Gasteiger partial charge in [-0.3, -0.25) is 9.20 Å². The molecule has 0 amide bonds. The monoisotopic (exact) mass is 440 g/mol. The number of nitrogen functional groups attached to an aromatic ring is 1. The van der Waals surface area contributed by atoms with E-state index in [9.17, 15) is 4.79 Å². The Morgan fingerprint density at radius 1 is 1.10 bits per heavy atom. The van der Waals surface area contributed by atoms with Crippen molar-refractivity contribution >= 4 is 49.9 Å². The molecule has 29 heavy (non-hydrogen) atoms. The van der Waals surface area contributed by atoms with Crippen LogP contribution in [0.2, 0.25) is 5.02 Å². The van der Waals surface area contributed by atoms with E-state index < -0.39 is 0 Å². The van der Waals surface area contributed by atoms with Gasteiger partial charge in [-0.15, -0.1) is 10.2 Å². The van der Waals surface area contributed by atoms with Crippen LogP contribution in [-0.2, 0) is 5.75 Å². The second-order valence-corrected chi connectivity index (χ2v) is 8.58. The number of fused-ring (bicyclic) bond motifs is 3. The molecule has 0 unspecified atom stereocenters. The summed E-state index contributed by atoms with van der Waals surface area (Å²) in [5, 5.41) is 9.37. The number of halogens is 1. The third-order valence-corrected chi connectivity index (χ3v) is 6.70. The van der Waals surface area contributed by atoms with E-state index in [2.05, 4.69) is 15.2 Å². The Hall–Kier alpha value is -2.88. The lowest BCUT2D eigenvalue weighted by Gasteiger charge is -2.05. The molecule has 2 aromatic carbocycles. The summed E-state index contributed by atoms with van der Waals surface area (Å²) in [6, 6.07) is 16.6. The lowest BCUT2D eigenvalue weighted by molar-refractivity contribution is 0.849. The number of hydrogen-bond donors (Lipinski definition) is 1. The maximum atomic E-state index is 12.6. The zero-order chi connectivity index (χ0) is 20.0. The van der Waals surface area contributed by atoms with Crippen molar-refractivity contribution in [1.82, 2.24) is 24.3 Å². The van der Waals surface area contributed by atoms with Crippen LogP contribution in [0.5, 0.6) is 0 Å². The highest BCUT2D eigenvalue weighted by Crippen LogP contribution is 2.29. The minimum Gasteiger partial charge on any atom is -0.335 e. The molecule has 0 spiro atoms. The summed E-state index contributed by atoms with van der Waals surface area (Å²) in [5.41, 5.74) is 2.14. The highest BCUT2D eigenvalue weighted by molar-refractivity contribution is 7.98. The molecule has 5 aromatic rings. The summed E-state index contributed by atoms with van der Waals surface area (Å²) in [4.78, 5) is 17.9. The molecule has 0 fully saturated rings. The molecular formula is C19H13ClN6OS2. The van der Waals surface area contributed by atoms with Crippen molar-refractivity contribution in [3.05, 3.63) is 75.7 Å². The largest absolute Gasteiger partial charge is 0.335 e. The van der Waals surface area contributed by atoms with Gasteiger partial charge in [-0.25, -0.2) is 9.66 Å². The number of nitrogens with two attached hydrogens (primary N) is 1. The minimum absolute atomic E-state index is 0.103. The Labute approximate surface area is 177 Å². The fourth-order valence-corrected chi connectivity index (χ4v) is 5.06. The van der Waals surface area contributed by atoms with E-state index in [0.29, 0.717) is 38.0 Å². The van der Waals surface area contributed by atoms with Gasteiger partial charge in [0.1, 0.15) is 0 Å². The van der Waals surface area contributed by atoms with E-state index in [-0.39, 0.29) is 5.56 Å². The molecule has 0 aliphatic heterocycles. The van der Waals surface area contributed by atoms with Crippen LogP contribution in [-0.4, -0.2) is 24.3 Å². The van der Waals surface area contributed by atoms with Crippen LogP contribution >= 0.6 is 34.7 Å². The number of thioether (sulfide) groups is 1. The van der Waals surface area contributed by atoms with Crippen LogP contribution in [0.25, 0.3) is 26.6 Å². The average Bonchev–Trinajstić information content (AvgIpc) is 3.27. The second-order valence-electron chi connectivity index (χ2n) is 6.22. The molecule has 0 bridgehead atoms. The number of hydrogen-bond acceptors (Lipinski definition) is 7. The minimum atomic E-state index is -0.103. The van der Waals surface area contributed by atoms with Gasteiger partial charge in [0, 0.05) is 17.4 Å². The van der Waals surface area contributed by atoms with Crippen molar-refractivity contribution in [2.24, 2.45) is 0 Å². The molecule has 2 N–H and O–H groups in total. The molecule has 3 aromatic heterocycles. The van der Waals surface area contributed by atoms with Gasteiger partial charge < -0.3 is 5.84 Å². The summed E-state index contributed by atoms with van der Waals surface area (Å²) in [7, 11) is 0. The van der Waals surface area contributed by atoms with Crippen molar-refractivity contribution in [3.8, 4) is 11.4 Å². The van der Waals surface area contributed by atoms with Crippen LogP contribution in [0.1, 0.15) is 5.69 Å². The van der Waals surface area contributed by atoms with Crippen LogP contribution in [0, 0.1) is 0 Å². The van der Waals surface area contributed by atoms with Gasteiger partial charge in [0.15, 0.2) is 10.8 Å². The zero-order valence-electron chi connectivity index (χ0n) is 14.8. The predicted molar refractivity (Wildman–Crippen MR) is 117 cm³/mol. The van der Waals surface area contributed by atoms with Crippen molar-refractivity contribution in [2.75, 3.05) is 5.84 Å². The summed E-state index contributed by atoms with van der Waals surface area (Å²) in [6.45, 7) is 0. The molecule has 0 saturated carbocycles. The zero-order valence-corrected chi connectivity index (χ0v) is 17.2. The van der Waals surface area contributed by atoms with Crippen molar-refractivity contribution in [2.45, 2.75) is 10.9 Å².